The van der Waals surface area contributed by atoms with Gasteiger partial charge >= 0.3 is 11.9 Å². The molecule has 0 bridgehead atoms. The number of likely N-dealkylation sites (tertiary alicyclic amines) is 1. The zero-order valence-electron chi connectivity index (χ0n) is 30.8. The lowest BCUT2D eigenvalue weighted by molar-refractivity contribution is -0.164. The Morgan fingerprint density at radius 2 is 0.761 bits per heavy atom. The Balaban J connectivity index is 2.01. The summed E-state index contributed by atoms with van der Waals surface area (Å²) in [5, 5.41) is 0. The van der Waals surface area contributed by atoms with Gasteiger partial charge in [0.15, 0.2) is 12.2 Å². The Labute approximate surface area is 285 Å². The molecular weight excluding hydrogens is 570 g/mol. The van der Waals surface area contributed by atoms with E-state index in [1.165, 1.54) is 141 Å². The fourth-order valence-electron chi connectivity index (χ4n) is 6.29. The molecule has 1 fully saturated rings. The molecule has 1 saturated heterocycles. The molecule has 0 amide bonds. The van der Waals surface area contributed by atoms with Crippen LogP contribution in [0.2, 0.25) is 0 Å². The fraction of sp³-hybridized carbons (Fsp3) is 0.854. The predicted molar refractivity (Wildman–Crippen MR) is 196 cm³/mol. The van der Waals surface area contributed by atoms with Gasteiger partial charge in [-0.2, -0.15) is 0 Å². The number of hydrogen-bond acceptors (Lipinski definition) is 5. The second kappa shape index (κ2) is 32.0. The highest BCUT2D eigenvalue weighted by molar-refractivity contribution is 5.70. The summed E-state index contributed by atoms with van der Waals surface area (Å²) in [4.78, 5) is 27.1. The molecule has 0 spiro atoms. The fourth-order valence-corrected chi connectivity index (χ4v) is 6.29. The first-order chi connectivity index (χ1) is 22.6. The van der Waals surface area contributed by atoms with Crippen LogP contribution in [-0.4, -0.2) is 49.2 Å². The molecular formula is C41H75NO4. The quantitative estimate of drug-likeness (QED) is 0.0414. The largest absolute Gasteiger partial charge is 0.457 e. The molecule has 0 unspecified atom stereocenters. The van der Waals surface area contributed by atoms with Crippen molar-refractivity contribution in [2.24, 2.45) is 0 Å². The molecule has 0 aromatic carbocycles. The van der Waals surface area contributed by atoms with Crippen molar-refractivity contribution in [2.75, 3.05) is 20.1 Å². The maximum absolute atomic E-state index is 12.5. The van der Waals surface area contributed by atoms with Gasteiger partial charge in [-0.25, -0.2) is 0 Å². The van der Waals surface area contributed by atoms with E-state index in [2.05, 4.69) is 43.1 Å². The van der Waals surface area contributed by atoms with E-state index in [0.29, 0.717) is 25.9 Å². The summed E-state index contributed by atoms with van der Waals surface area (Å²) >= 11 is 0. The number of likely N-dealkylation sites (N-methyl/N-ethyl adjacent to an activating group) is 1. The van der Waals surface area contributed by atoms with E-state index in [1.807, 2.05) is 7.05 Å². The van der Waals surface area contributed by atoms with Gasteiger partial charge in [0.05, 0.1) is 0 Å². The van der Waals surface area contributed by atoms with Crippen molar-refractivity contribution in [2.45, 2.75) is 206 Å². The van der Waals surface area contributed by atoms with E-state index in [9.17, 15) is 9.59 Å². The third kappa shape index (κ3) is 26.4. The molecule has 268 valence electrons. The van der Waals surface area contributed by atoms with E-state index in [1.54, 1.807) is 0 Å². The second-order valence-electron chi connectivity index (χ2n) is 13.9. The number of allylic oxidation sites excluding steroid dienone is 4. The minimum absolute atomic E-state index is 0.156. The van der Waals surface area contributed by atoms with Gasteiger partial charge in [-0.3, -0.25) is 14.5 Å². The van der Waals surface area contributed by atoms with Crippen LogP contribution in [0.4, 0.5) is 0 Å². The molecule has 0 radical (unpaired) electrons. The van der Waals surface area contributed by atoms with Gasteiger partial charge in [0.2, 0.25) is 0 Å². The number of carbonyl (C=O) groups excluding carboxylic acids is 2. The van der Waals surface area contributed by atoms with Gasteiger partial charge in [-0.1, -0.05) is 141 Å². The molecule has 1 rings (SSSR count). The second-order valence-corrected chi connectivity index (χ2v) is 13.9. The highest BCUT2D eigenvalue weighted by Gasteiger charge is 2.36. The molecule has 0 N–H and O–H groups in total. The Bertz CT molecular complexity index is 702. The SMILES string of the molecule is CCCCCCCCC=CCCCCCCCC(=O)O[C@@H]1CN(C)C[C@H]1OC(=O)CCCCCCCC=CCCCCCCCC. The predicted octanol–water partition coefficient (Wildman–Crippen LogP) is 11.8. The molecule has 5 heteroatoms. The van der Waals surface area contributed by atoms with Gasteiger partial charge in [0, 0.05) is 25.9 Å². The van der Waals surface area contributed by atoms with Crippen LogP contribution >= 0.6 is 0 Å². The van der Waals surface area contributed by atoms with Crippen molar-refractivity contribution in [3.8, 4) is 0 Å². The Morgan fingerprint density at radius 1 is 0.478 bits per heavy atom. The van der Waals surface area contributed by atoms with Crippen LogP contribution in [-0.2, 0) is 19.1 Å². The summed E-state index contributed by atoms with van der Waals surface area (Å²) in [6, 6.07) is 0. The van der Waals surface area contributed by atoms with Crippen LogP contribution in [0.5, 0.6) is 0 Å². The number of unbranched alkanes of at least 4 members (excludes halogenated alkanes) is 22. The molecule has 0 saturated carbocycles. The van der Waals surface area contributed by atoms with Crippen molar-refractivity contribution in [3.05, 3.63) is 24.3 Å². The molecule has 0 aliphatic carbocycles. The smallest absolute Gasteiger partial charge is 0.306 e. The highest BCUT2D eigenvalue weighted by Crippen LogP contribution is 2.19. The first-order valence-electron chi connectivity index (χ1n) is 19.9. The van der Waals surface area contributed by atoms with E-state index in [4.69, 9.17) is 9.47 Å². The third-order valence-corrected chi connectivity index (χ3v) is 9.25. The third-order valence-electron chi connectivity index (χ3n) is 9.25. The average Bonchev–Trinajstić information content (AvgIpc) is 3.38. The van der Waals surface area contributed by atoms with Crippen molar-refractivity contribution < 1.29 is 19.1 Å². The number of hydrogen-bond donors (Lipinski definition) is 0. The van der Waals surface area contributed by atoms with Gasteiger partial charge in [-0.05, 0) is 71.3 Å². The summed E-state index contributed by atoms with van der Waals surface area (Å²) in [5.41, 5.74) is 0. The molecule has 1 heterocycles. The van der Waals surface area contributed by atoms with Gasteiger partial charge in [-0.15, -0.1) is 0 Å². The minimum Gasteiger partial charge on any atom is -0.457 e. The number of ether oxygens (including phenoxy) is 2. The molecule has 1 aliphatic rings. The molecule has 46 heavy (non-hydrogen) atoms. The lowest BCUT2D eigenvalue weighted by atomic mass is 10.1. The molecule has 1 aliphatic heterocycles. The molecule has 0 aromatic heterocycles. The first kappa shape index (κ1) is 42.4. The topological polar surface area (TPSA) is 55.8 Å². The van der Waals surface area contributed by atoms with Crippen molar-refractivity contribution >= 4 is 11.9 Å². The van der Waals surface area contributed by atoms with Crippen molar-refractivity contribution in [1.82, 2.24) is 4.90 Å². The molecule has 2 atom stereocenters. The van der Waals surface area contributed by atoms with E-state index in [-0.39, 0.29) is 24.1 Å². The highest BCUT2D eigenvalue weighted by atomic mass is 16.6. The molecule has 0 aromatic rings. The summed E-state index contributed by atoms with van der Waals surface area (Å²) in [6.45, 7) is 5.79. The first-order valence-corrected chi connectivity index (χ1v) is 19.9. The van der Waals surface area contributed by atoms with E-state index >= 15 is 0 Å². The maximum atomic E-state index is 12.5. The van der Waals surface area contributed by atoms with E-state index < -0.39 is 0 Å². The summed E-state index contributed by atoms with van der Waals surface area (Å²) in [5.74, 6) is -0.313. The van der Waals surface area contributed by atoms with Gasteiger partial charge in [0.1, 0.15) is 0 Å². The van der Waals surface area contributed by atoms with Crippen LogP contribution < -0.4 is 0 Å². The summed E-state index contributed by atoms with van der Waals surface area (Å²) < 4.78 is 11.5. The number of carbonyl (C=O) groups is 2. The van der Waals surface area contributed by atoms with Crippen LogP contribution in [0.1, 0.15) is 194 Å². The maximum Gasteiger partial charge on any atom is 0.306 e. The minimum atomic E-state index is -0.348. The summed E-state index contributed by atoms with van der Waals surface area (Å²) in [6.07, 6.45) is 41.9. The zero-order chi connectivity index (χ0) is 33.3. The van der Waals surface area contributed by atoms with Crippen LogP contribution in [0.3, 0.4) is 0 Å². The van der Waals surface area contributed by atoms with E-state index in [0.717, 1.165) is 25.7 Å². The lowest BCUT2D eigenvalue weighted by Gasteiger charge is -2.19. The number of rotatable bonds is 32. The van der Waals surface area contributed by atoms with Crippen LogP contribution in [0, 0.1) is 0 Å². The van der Waals surface area contributed by atoms with Gasteiger partial charge in [0.25, 0.3) is 0 Å². The van der Waals surface area contributed by atoms with Crippen molar-refractivity contribution in [3.63, 3.8) is 0 Å². The number of esters is 2. The Morgan fingerprint density at radius 3 is 1.09 bits per heavy atom. The Kier molecular flexibility index (Phi) is 29.5. The normalized spacial score (nSPS) is 17.0. The van der Waals surface area contributed by atoms with Crippen LogP contribution in [0.25, 0.3) is 0 Å². The average molecular weight is 646 g/mol. The Hall–Kier alpha value is -1.62. The molecule has 5 nitrogen and oxygen atoms in total. The monoisotopic (exact) mass is 646 g/mol. The van der Waals surface area contributed by atoms with Crippen LogP contribution in [0.15, 0.2) is 24.3 Å². The van der Waals surface area contributed by atoms with Gasteiger partial charge < -0.3 is 9.47 Å². The standard InChI is InChI=1S/C41H75NO4/c1-4-6-8-10-12-14-16-18-20-22-24-26-28-30-32-34-40(43)45-38-36-42(3)37-39(38)46-41(44)35-33-31-29-27-25-23-21-19-17-15-13-11-9-7-5-2/h18-21,38-39H,4-17,22-37H2,1-3H3/t38-,39-/m1/s1. The number of nitrogens with zero attached hydrogens (tertiary/aromatic N) is 1. The zero-order valence-corrected chi connectivity index (χ0v) is 30.8. The summed E-state index contributed by atoms with van der Waals surface area (Å²) in [7, 11) is 1.99. The van der Waals surface area contributed by atoms with Crippen molar-refractivity contribution in [1.29, 1.82) is 0 Å². The lowest BCUT2D eigenvalue weighted by Crippen LogP contribution is -2.33.